The Bertz CT molecular complexity index is 652. The lowest BCUT2D eigenvalue weighted by molar-refractivity contribution is 0.100. The highest BCUT2D eigenvalue weighted by Gasteiger charge is 2.06. The highest BCUT2D eigenvalue weighted by Crippen LogP contribution is 2.18. The van der Waals surface area contributed by atoms with Gasteiger partial charge in [-0.05, 0) is 17.7 Å². The van der Waals surface area contributed by atoms with E-state index in [4.69, 9.17) is 17.3 Å². The number of primary amides is 1. The van der Waals surface area contributed by atoms with Crippen molar-refractivity contribution in [1.82, 2.24) is 9.55 Å². The molecular weight excluding hydrogens is 254 g/mol. The summed E-state index contributed by atoms with van der Waals surface area (Å²) in [4.78, 5) is 26.4. The first-order chi connectivity index (χ1) is 8.58. The molecule has 2 rings (SSSR count). The maximum atomic E-state index is 11.5. The van der Waals surface area contributed by atoms with E-state index in [1.54, 1.807) is 12.1 Å². The molecule has 0 bridgehead atoms. The fourth-order valence-corrected chi connectivity index (χ4v) is 1.75. The molecule has 1 aromatic heterocycles. The fraction of sp³-hybridized carbons (Fsp3) is 0.0833. The molecule has 0 radical (unpaired) electrons. The molecule has 0 spiro atoms. The van der Waals surface area contributed by atoms with Crippen LogP contribution < -0.4 is 11.3 Å². The molecule has 92 valence electrons. The van der Waals surface area contributed by atoms with Crippen molar-refractivity contribution in [1.29, 1.82) is 0 Å². The summed E-state index contributed by atoms with van der Waals surface area (Å²) in [6.07, 6.45) is 2.86. The third-order valence-electron chi connectivity index (χ3n) is 2.47. The van der Waals surface area contributed by atoms with Crippen LogP contribution in [0.5, 0.6) is 0 Å². The number of halogens is 1. The standard InChI is InChI=1S/C12H10ClN3O2/c13-10-5-8(12(14)18)1-2-9(10)6-16-7-15-4-3-11(16)17/h1-5,7H,6H2,(H2,14,18). The summed E-state index contributed by atoms with van der Waals surface area (Å²) in [6, 6.07) is 6.10. The number of nitrogens with zero attached hydrogens (tertiary/aromatic N) is 2. The number of aromatic nitrogens is 2. The molecule has 1 aromatic carbocycles. The van der Waals surface area contributed by atoms with E-state index < -0.39 is 5.91 Å². The second-order valence-electron chi connectivity index (χ2n) is 3.72. The van der Waals surface area contributed by atoms with Gasteiger partial charge in [-0.2, -0.15) is 0 Å². The second kappa shape index (κ2) is 5.01. The zero-order chi connectivity index (χ0) is 13.1. The minimum absolute atomic E-state index is 0.167. The molecule has 0 atom stereocenters. The van der Waals surface area contributed by atoms with Crippen molar-refractivity contribution in [3.8, 4) is 0 Å². The molecule has 0 aliphatic heterocycles. The van der Waals surface area contributed by atoms with Gasteiger partial charge in [-0.1, -0.05) is 17.7 Å². The summed E-state index contributed by atoms with van der Waals surface area (Å²) in [5.41, 5.74) is 6.03. The minimum Gasteiger partial charge on any atom is -0.366 e. The second-order valence-corrected chi connectivity index (χ2v) is 4.12. The van der Waals surface area contributed by atoms with E-state index in [0.717, 1.165) is 5.56 Å². The molecular formula is C12H10ClN3O2. The Morgan fingerprint density at radius 2 is 2.17 bits per heavy atom. The van der Waals surface area contributed by atoms with Gasteiger partial charge in [0.15, 0.2) is 0 Å². The molecule has 0 saturated carbocycles. The van der Waals surface area contributed by atoms with Gasteiger partial charge in [0.1, 0.15) is 0 Å². The molecule has 1 amide bonds. The van der Waals surface area contributed by atoms with Gasteiger partial charge in [0, 0.05) is 22.8 Å². The first kappa shape index (κ1) is 12.3. The van der Waals surface area contributed by atoms with Crippen LogP contribution in [0.1, 0.15) is 15.9 Å². The zero-order valence-corrected chi connectivity index (χ0v) is 10.1. The lowest BCUT2D eigenvalue weighted by atomic mass is 10.1. The molecule has 5 nitrogen and oxygen atoms in total. The summed E-state index contributed by atoms with van der Waals surface area (Å²) >= 11 is 6.03. The monoisotopic (exact) mass is 263 g/mol. The number of rotatable bonds is 3. The van der Waals surface area contributed by atoms with Crippen molar-refractivity contribution in [3.05, 3.63) is 63.3 Å². The van der Waals surface area contributed by atoms with Gasteiger partial charge >= 0.3 is 0 Å². The average Bonchev–Trinajstić information content (AvgIpc) is 2.34. The van der Waals surface area contributed by atoms with Crippen LogP contribution in [0.15, 0.2) is 41.6 Å². The van der Waals surface area contributed by atoms with Crippen molar-refractivity contribution in [2.75, 3.05) is 0 Å². The molecule has 0 saturated heterocycles. The fourth-order valence-electron chi connectivity index (χ4n) is 1.51. The Labute approximate surface area is 108 Å². The van der Waals surface area contributed by atoms with Gasteiger partial charge in [0.05, 0.1) is 12.9 Å². The van der Waals surface area contributed by atoms with Crippen LogP contribution in [0, 0.1) is 0 Å². The Kier molecular flexibility index (Phi) is 3.43. The zero-order valence-electron chi connectivity index (χ0n) is 9.34. The van der Waals surface area contributed by atoms with E-state index in [1.807, 2.05) is 0 Å². The summed E-state index contributed by atoms with van der Waals surface area (Å²) in [7, 11) is 0. The molecule has 1 heterocycles. The third-order valence-corrected chi connectivity index (χ3v) is 2.82. The Morgan fingerprint density at radius 3 is 2.78 bits per heavy atom. The molecule has 6 heteroatoms. The average molecular weight is 264 g/mol. The number of hydrogen-bond acceptors (Lipinski definition) is 3. The summed E-state index contributed by atoms with van der Waals surface area (Å²) in [5, 5.41) is 0.391. The van der Waals surface area contributed by atoms with Crippen molar-refractivity contribution in [3.63, 3.8) is 0 Å². The van der Waals surface area contributed by atoms with Crippen molar-refractivity contribution in [2.24, 2.45) is 5.73 Å². The minimum atomic E-state index is -0.540. The van der Waals surface area contributed by atoms with Gasteiger partial charge < -0.3 is 5.73 Å². The normalized spacial score (nSPS) is 10.3. The Morgan fingerprint density at radius 1 is 1.39 bits per heavy atom. The van der Waals surface area contributed by atoms with Crippen molar-refractivity contribution >= 4 is 17.5 Å². The quantitative estimate of drug-likeness (QED) is 0.899. The summed E-state index contributed by atoms with van der Waals surface area (Å²) in [5.74, 6) is -0.540. The van der Waals surface area contributed by atoms with E-state index in [2.05, 4.69) is 4.98 Å². The maximum absolute atomic E-state index is 11.5. The largest absolute Gasteiger partial charge is 0.366 e. The van der Waals surface area contributed by atoms with Crippen molar-refractivity contribution < 1.29 is 4.79 Å². The number of nitrogens with two attached hydrogens (primary N) is 1. The molecule has 0 aliphatic carbocycles. The lowest BCUT2D eigenvalue weighted by Crippen LogP contribution is -2.19. The smallest absolute Gasteiger partial charge is 0.253 e. The summed E-state index contributed by atoms with van der Waals surface area (Å²) in [6.45, 7) is 0.296. The van der Waals surface area contributed by atoms with E-state index in [0.29, 0.717) is 17.1 Å². The number of hydrogen-bond donors (Lipinski definition) is 1. The van der Waals surface area contributed by atoms with E-state index in [9.17, 15) is 9.59 Å². The van der Waals surface area contributed by atoms with Gasteiger partial charge in [-0.25, -0.2) is 4.98 Å². The number of benzene rings is 1. The van der Waals surface area contributed by atoms with Crippen LogP contribution in [0.2, 0.25) is 5.02 Å². The maximum Gasteiger partial charge on any atom is 0.253 e. The molecule has 18 heavy (non-hydrogen) atoms. The van der Waals surface area contributed by atoms with Gasteiger partial charge in [-0.3, -0.25) is 14.2 Å². The Hall–Kier alpha value is -2.14. The summed E-state index contributed by atoms with van der Waals surface area (Å²) < 4.78 is 1.42. The predicted molar refractivity (Wildman–Crippen MR) is 67.6 cm³/mol. The van der Waals surface area contributed by atoms with Crippen LogP contribution in [-0.2, 0) is 6.54 Å². The Balaban J connectivity index is 2.33. The highest BCUT2D eigenvalue weighted by molar-refractivity contribution is 6.31. The van der Waals surface area contributed by atoms with Gasteiger partial charge in [0.2, 0.25) is 5.91 Å². The van der Waals surface area contributed by atoms with Crippen molar-refractivity contribution in [2.45, 2.75) is 6.54 Å². The van der Waals surface area contributed by atoms with Gasteiger partial charge in [0.25, 0.3) is 5.56 Å². The molecule has 2 N–H and O–H groups in total. The third kappa shape index (κ3) is 2.57. The first-order valence-electron chi connectivity index (χ1n) is 5.16. The molecule has 2 aromatic rings. The topological polar surface area (TPSA) is 78.0 Å². The van der Waals surface area contributed by atoms with E-state index in [1.165, 1.54) is 29.2 Å². The molecule has 0 fully saturated rings. The van der Waals surface area contributed by atoms with E-state index in [-0.39, 0.29) is 5.56 Å². The van der Waals surface area contributed by atoms with Crippen LogP contribution in [0.4, 0.5) is 0 Å². The van der Waals surface area contributed by atoms with Crippen LogP contribution in [-0.4, -0.2) is 15.5 Å². The highest BCUT2D eigenvalue weighted by atomic mass is 35.5. The predicted octanol–water partition coefficient (Wildman–Crippen LogP) is 1.04. The van der Waals surface area contributed by atoms with Gasteiger partial charge in [-0.15, -0.1) is 0 Å². The molecule has 0 aliphatic rings. The van der Waals surface area contributed by atoms with E-state index >= 15 is 0 Å². The first-order valence-corrected chi connectivity index (χ1v) is 5.54. The number of amides is 1. The number of carbonyl (C=O) groups is 1. The molecule has 0 unspecified atom stereocenters. The van der Waals surface area contributed by atoms with Crippen LogP contribution in [0.25, 0.3) is 0 Å². The lowest BCUT2D eigenvalue weighted by Gasteiger charge is -2.07. The van der Waals surface area contributed by atoms with Crippen LogP contribution >= 0.6 is 11.6 Å². The SMILES string of the molecule is NC(=O)c1ccc(Cn2cnccc2=O)c(Cl)c1. The van der Waals surface area contributed by atoms with Crippen LogP contribution in [0.3, 0.4) is 0 Å². The number of carbonyl (C=O) groups excluding carboxylic acids is 1.